The highest BCUT2D eigenvalue weighted by Gasteiger charge is 2.74. The van der Waals surface area contributed by atoms with Gasteiger partial charge in [-0.1, -0.05) is 24.3 Å². The van der Waals surface area contributed by atoms with Gasteiger partial charge < -0.3 is 34.7 Å². The van der Waals surface area contributed by atoms with Crippen LogP contribution in [0.15, 0.2) is 30.3 Å². The van der Waals surface area contributed by atoms with Crippen LogP contribution >= 0.6 is 0 Å². The molecule has 1 aromatic carbocycles. The Labute approximate surface area is 243 Å². The molecule has 5 rings (SSSR count). The third-order valence-corrected chi connectivity index (χ3v) is 7.67. The van der Waals surface area contributed by atoms with Crippen LogP contribution in [0.25, 0.3) is 6.08 Å². The molecule has 0 aromatic heterocycles. The van der Waals surface area contributed by atoms with E-state index in [1.165, 1.54) is 11.1 Å². The zero-order chi connectivity index (χ0) is 30.8. The summed E-state index contributed by atoms with van der Waals surface area (Å²) < 4.78 is 57.9. The van der Waals surface area contributed by atoms with Gasteiger partial charge in [-0.15, -0.1) is 0 Å². The molecule has 2 bridgehead atoms. The lowest BCUT2D eigenvalue weighted by atomic mass is 9.62. The molecule has 3 heterocycles. The van der Waals surface area contributed by atoms with Crippen molar-refractivity contribution in [3.05, 3.63) is 41.5 Å². The second-order valence-corrected chi connectivity index (χ2v) is 10.5. The summed E-state index contributed by atoms with van der Waals surface area (Å²) >= 11 is 0. The summed E-state index contributed by atoms with van der Waals surface area (Å²) in [4.78, 5) is 56.9. The summed E-state index contributed by atoms with van der Waals surface area (Å²) in [6, 6.07) is 5.41. The molecular weight excluding hydrogens is 583 g/mol. The second kappa shape index (κ2) is 12.6. The summed E-state index contributed by atoms with van der Waals surface area (Å²) in [6.45, 7) is -1.84. The van der Waals surface area contributed by atoms with Crippen LogP contribution in [-0.4, -0.2) is 104 Å². The highest BCUT2D eigenvalue weighted by atomic mass is 19.4. The van der Waals surface area contributed by atoms with E-state index in [1.807, 2.05) is 0 Å². The maximum absolute atomic E-state index is 13.8. The number of amides is 2. The van der Waals surface area contributed by atoms with Crippen LogP contribution in [0.4, 0.5) is 13.2 Å². The smallest absolute Gasteiger partial charge is 0.422 e. The highest BCUT2D eigenvalue weighted by molar-refractivity contribution is 5.94. The number of fused-ring (bicyclic) bond motifs is 4. The van der Waals surface area contributed by atoms with E-state index in [9.17, 15) is 32.3 Å². The number of alkyl halides is 3. The molecule has 3 N–H and O–H groups in total. The molecule has 2 amide bonds. The van der Waals surface area contributed by atoms with E-state index in [0.29, 0.717) is 11.1 Å². The van der Waals surface area contributed by atoms with Crippen LogP contribution in [0.5, 0.6) is 0 Å². The number of hydrogen-bond acceptors (Lipinski definition) is 11. The van der Waals surface area contributed by atoms with E-state index in [1.54, 1.807) is 24.3 Å². The Morgan fingerprint density at radius 2 is 1.86 bits per heavy atom. The average molecular weight is 614 g/mol. The number of rotatable bonds is 11. The molecule has 13 nitrogen and oxygen atoms in total. The van der Waals surface area contributed by atoms with E-state index in [2.05, 4.69) is 15.4 Å². The topological polar surface area (TPSA) is 162 Å². The molecule has 4 fully saturated rings. The number of esters is 2. The molecule has 1 aliphatic carbocycles. The third kappa shape index (κ3) is 6.52. The van der Waals surface area contributed by atoms with Crippen molar-refractivity contribution >= 4 is 29.8 Å². The average Bonchev–Trinajstić information content (AvgIpc) is 3.59. The van der Waals surface area contributed by atoms with Crippen LogP contribution in [0, 0.1) is 5.41 Å². The molecule has 6 atom stereocenters. The molecule has 43 heavy (non-hydrogen) atoms. The number of nitrogens with one attached hydrogen (secondary N) is 2. The standard InChI is InChI=1S/C27H30F3N3O10/c28-27(29,30)13-39-19(36)6-5-15-1-3-16(4-2-15)12-33-22-24(37)42-17-11-26(22,23(43-33)21-20(17)40-14-41-21)25(38)32-8-7-18(35)31-9-10-34/h1-6,17,20-23,34H,7-14H2,(H,31,35)(H,32,38). The van der Waals surface area contributed by atoms with Crippen molar-refractivity contribution in [3.8, 4) is 0 Å². The summed E-state index contributed by atoms with van der Waals surface area (Å²) in [6.07, 6.45) is -5.30. The van der Waals surface area contributed by atoms with Gasteiger partial charge in [-0.05, 0) is 17.2 Å². The fourth-order valence-electron chi connectivity index (χ4n) is 5.85. The fourth-order valence-corrected chi connectivity index (χ4v) is 5.85. The minimum absolute atomic E-state index is 0.0127. The van der Waals surface area contributed by atoms with Crippen molar-refractivity contribution < 1.29 is 61.2 Å². The number of aliphatic hydroxyl groups is 1. The normalized spacial score (nSPS) is 29.7. The van der Waals surface area contributed by atoms with E-state index < -0.39 is 66.5 Å². The molecule has 3 saturated heterocycles. The van der Waals surface area contributed by atoms with E-state index in [0.717, 1.165) is 6.08 Å². The third-order valence-electron chi connectivity index (χ3n) is 7.67. The maximum atomic E-state index is 13.8. The molecule has 1 saturated carbocycles. The van der Waals surface area contributed by atoms with Crippen LogP contribution in [0.3, 0.4) is 0 Å². The van der Waals surface area contributed by atoms with Gasteiger partial charge >= 0.3 is 18.1 Å². The van der Waals surface area contributed by atoms with Gasteiger partial charge in [0.2, 0.25) is 11.8 Å². The highest BCUT2D eigenvalue weighted by Crippen LogP contribution is 2.55. The van der Waals surface area contributed by atoms with Crippen LogP contribution in [0.1, 0.15) is 24.0 Å². The Bertz CT molecular complexity index is 1260. The number of carbonyl (C=O) groups excluding carboxylic acids is 4. The van der Waals surface area contributed by atoms with Gasteiger partial charge in [0.1, 0.15) is 36.6 Å². The maximum Gasteiger partial charge on any atom is 0.422 e. The fraction of sp³-hybridized carbons (Fsp3) is 0.556. The Balaban J connectivity index is 1.30. The SMILES string of the molecule is O=C(CCNC(=O)C12CC3OC(=O)C1N(Cc1ccc(C=CC(=O)OCC(F)(F)F)cc1)OC2C1OCOC31)NCCO. The Kier molecular flexibility index (Phi) is 9.03. The predicted molar refractivity (Wildman–Crippen MR) is 136 cm³/mol. The van der Waals surface area contributed by atoms with E-state index in [4.69, 9.17) is 24.2 Å². The van der Waals surface area contributed by atoms with Gasteiger partial charge in [-0.3, -0.25) is 19.2 Å². The first-order chi connectivity index (χ1) is 20.5. The number of halogens is 3. The molecule has 3 aliphatic heterocycles. The van der Waals surface area contributed by atoms with Crippen molar-refractivity contribution in [3.63, 3.8) is 0 Å². The second-order valence-electron chi connectivity index (χ2n) is 10.5. The minimum Gasteiger partial charge on any atom is -0.458 e. The number of ether oxygens (including phenoxy) is 4. The Morgan fingerprint density at radius 3 is 2.58 bits per heavy atom. The molecule has 234 valence electrons. The lowest BCUT2D eigenvalue weighted by Crippen LogP contribution is -2.69. The molecule has 6 unspecified atom stereocenters. The summed E-state index contributed by atoms with van der Waals surface area (Å²) in [5.74, 6) is -2.66. The van der Waals surface area contributed by atoms with Gasteiger partial charge in [0.25, 0.3) is 0 Å². The predicted octanol–water partition coefficient (Wildman–Crippen LogP) is -0.0385. The quantitative estimate of drug-likeness (QED) is 0.227. The number of aliphatic hydroxyl groups excluding tert-OH is 1. The zero-order valence-electron chi connectivity index (χ0n) is 22.7. The number of benzene rings is 1. The summed E-state index contributed by atoms with van der Waals surface area (Å²) in [5, 5.41) is 15.5. The number of carbonyl (C=O) groups is 4. The summed E-state index contributed by atoms with van der Waals surface area (Å²) in [5.41, 5.74) is -0.237. The molecule has 4 aliphatic rings. The van der Waals surface area contributed by atoms with Gasteiger partial charge in [-0.25, -0.2) is 4.79 Å². The number of hydrogen-bond donors (Lipinski definition) is 3. The van der Waals surface area contributed by atoms with Gasteiger partial charge in [0, 0.05) is 32.0 Å². The molecule has 16 heteroatoms. The van der Waals surface area contributed by atoms with Crippen molar-refractivity contribution in [2.45, 2.75) is 56.0 Å². The molecular formula is C27H30F3N3O10. The van der Waals surface area contributed by atoms with Crippen molar-refractivity contribution in [1.82, 2.24) is 15.7 Å². The summed E-state index contributed by atoms with van der Waals surface area (Å²) in [7, 11) is 0. The molecule has 1 aromatic rings. The van der Waals surface area contributed by atoms with Gasteiger partial charge in [-0.2, -0.15) is 18.2 Å². The minimum atomic E-state index is -4.62. The van der Waals surface area contributed by atoms with E-state index >= 15 is 0 Å². The molecule has 0 radical (unpaired) electrons. The van der Waals surface area contributed by atoms with Crippen molar-refractivity contribution in [1.29, 1.82) is 0 Å². The number of nitrogens with zero attached hydrogens (tertiary/aromatic N) is 1. The first-order valence-corrected chi connectivity index (χ1v) is 13.6. The van der Waals surface area contributed by atoms with Crippen molar-refractivity contribution in [2.24, 2.45) is 5.41 Å². The van der Waals surface area contributed by atoms with Crippen LogP contribution in [0.2, 0.25) is 0 Å². The zero-order valence-corrected chi connectivity index (χ0v) is 22.7. The number of hydroxylamine groups is 2. The van der Waals surface area contributed by atoms with E-state index in [-0.39, 0.29) is 51.8 Å². The van der Waals surface area contributed by atoms with Crippen LogP contribution in [-0.2, 0) is 49.5 Å². The first kappa shape index (κ1) is 30.9. The Morgan fingerprint density at radius 1 is 1.12 bits per heavy atom. The largest absolute Gasteiger partial charge is 0.458 e. The van der Waals surface area contributed by atoms with Crippen LogP contribution < -0.4 is 10.6 Å². The first-order valence-electron chi connectivity index (χ1n) is 13.6. The van der Waals surface area contributed by atoms with Gasteiger partial charge in [0.05, 0.1) is 13.2 Å². The lowest BCUT2D eigenvalue weighted by Gasteiger charge is -2.48. The lowest BCUT2D eigenvalue weighted by molar-refractivity contribution is -0.201. The monoisotopic (exact) mass is 613 g/mol. The van der Waals surface area contributed by atoms with Gasteiger partial charge in [0.15, 0.2) is 12.6 Å². The van der Waals surface area contributed by atoms with Crippen molar-refractivity contribution in [2.75, 3.05) is 33.1 Å². The Hall–Kier alpha value is -3.57. The molecule has 0 spiro atoms.